The molecule has 158 valence electrons. The van der Waals surface area contributed by atoms with Crippen molar-refractivity contribution < 1.29 is 14.3 Å². The summed E-state index contributed by atoms with van der Waals surface area (Å²) in [6, 6.07) is 15.9. The van der Waals surface area contributed by atoms with Gasteiger partial charge in [-0.2, -0.15) is 0 Å². The predicted octanol–water partition coefficient (Wildman–Crippen LogP) is 2.57. The summed E-state index contributed by atoms with van der Waals surface area (Å²) in [5.41, 5.74) is 4.04. The van der Waals surface area contributed by atoms with Crippen LogP contribution in [0, 0.1) is 0 Å². The van der Waals surface area contributed by atoms with E-state index in [0.29, 0.717) is 25.1 Å². The third-order valence-electron chi connectivity index (χ3n) is 5.72. The Bertz CT molecular complexity index is 876. The number of morpholine rings is 1. The standard InChI is InChI=1S/C24H29N3O3/c28-23-5-2-10-27(23)18-19-6-8-22(9-7-19)24(29)25-16-20-3-1-4-21(15-20)17-26-11-13-30-14-12-26/h1,3-4,6-9,15H,2,5,10-14,16-18H2,(H,25,29). The van der Waals surface area contributed by atoms with E-state index >= 15 is 0 Å². The summed E-state index contributed by atoms with van der Waals surface area (Å²) in [6.07, 6.45) is 1.58. The van der Waals surface area contributed by atoms with E-state index in [1.54, 1.807) is 0 Å². The van der Waals surface area contributed by atoms with E-state index in [1.165, 1.54) is 5.56 Å². The quantitative estimate of drug-likeness (QED) is 0.766. The first-order chi connectivity index (χ1) is 14.7. The number of carbonyl (C=O) groups excluding carboxylic acids is 2. The molecule has 2 aromatic carbocycles. The Morgan fingerprint density at radius 3 is 2.43 bits per heavy atom. The summed E-state index contributed by atoms with van der Waals surface area (Å²) in [5.74, 6) is 0.130. The van der Waals surface area contributed by atoms with E-state index in [-0.39, 0.29) is 11.8 Å². The highest BCUT2D eigenvalue weighted by Crippen LogP contribution is 2.15. The predicted molar refractivity (Wildman–Crippen MR) is 115 cm³/mol. The molecular formula is C24H29N3O3. The molecule has 2 aromatic rings. The average molecular weight is 408 g/mol. The van der Waals surface area contributed by atoms with Crippen molar-refractivity contribution in [3.05, 3.63) is 70.8 Å². The summed E-state index contributed by atoms with van der Waals surface area (Å²) in [7, 11) is 0. The van der Waals surface area contributed by atoms with Crippen molar-refractivity contribution in [1.29, 1.82) is 0 Å². The van der Waals surface area contributed by atoms with Gasteiger partial charge in [0.25, 0.3) is 5.91 Å². The van der Waals surface area contributed by atoms with Crippen LogP contribution in [0.5, 0.6) is 0 Å². The second kappa shape index (κ2) is 9.87. The SMILES string of the molecule is O=C(NCc1cccc(CN2CCOCC2)c1)c1ccc(CN2CCCC2=O)cc1. The number of rotatable bonds is 7. The van der Waals surface area contributed by atoms with Gasteiger partial charge in [0.05, 0.1) is 13.2 Å². The molecule has 0 aliphatic carbocycles. The highest BCUT2D eigenvalue weighted by atomic mass is 16.5. The molecule has 0 unspecified atom stereocenters. The number of nitrogens with one attached hydrogen (secondary N) is 1. The van der Waals surface area contributed by atoms with Gasteiger partial charge in [-0.3, -0.25) is 14.5 Å². The third kappa shape index (κ3) is 5.46. The van der Waals surface area contributed by atoms with E-state index in [0.717, 1.165) is 56.9 Å². The number of benzene rings is 2. The monoisotopic (exact) mass is 407 g/mol. The van der Waals surface area contributed by atoms with Crippen LogP contribution in [0.4, 0.5) is 0 Å². The number of likely N-dealkylation sites (tertiary alicyclic amines) is 1. The van der Waals surface area contributed by atoms with Crippen molar-refractivity contribution in [2.24, 2.45) is 0 Å². The molecular weight excluding hydrogens is 378 g/mol. The molecule has 6 heteroatoms. The van der Waals surface area contributed by atoms with Crippen LogP contribution in [0.2, 0.25) is 0 Å². The van der Waals surface area contributed by atoms with Gasteiger partial charge >= 0.3 is 0 Å². The van der Waals surface area contributed by atoms with Crippen molar-refractivity contribution in [3.8, 4) is 0 Å². The minimum atomic E-state index is -0.0858. The van der Waals surface area contributed by atoms with Crippen LogP contribution < -0.4 is 5.32 Å². The van der Waals surface area contributed by atoms with Gasteiger partial charge in [-0.25, -0.2) is 0 Å². The van der Waals surface area contributed by atoms with Gasteiger partial charge in [0.1, 0.15) is 0 Å². The first-order valence-corrected chi connectivity index (χ1v) is 10.7. The molecule has 2 heterocycles. The van der Waals surface area contributed by atoms with E-state index in [4.69, 9.17) is 4.74 Å². The van der Waals surface area contributed by atoms with Crippen molar-refractivity contribution in [2.45, 2.75) is 32.5 Å². The van der Waals surface area contributed by atoms with Gasteiger partial charge < -0.3 is 15.0 Å². The molecule has 0 bridgehead atoms. The maximum absolute atomic E-state index is 12.5. The molecule has 2 aliphatic heterocycles. The number of hydrogen-bond acceptors (Lipinski definition) is 4. The van der Waals surface area contributed by atoms with Gasteiger partial charge in [0, 0.05) is 51.3 Å². The van der Waals surface area contributed by atoms with Gasteiger partial charge in [-0.1, -0.05) is 36.4 Å². The highest BCUT2D eigenvalue weighted by Gasteiger charge is 2.20. The van der Waals surface area contributed by atoms with E-state index < -0.39 is 0 Å². The minimum Gasteiger partial charge on any atom is -0.379 e. The molecule has 0 saturated carbocycles. The zero-order valence-corrected chi connectivity index (χ0v) is 17.3. The maximum atomic E-state index is 12.5. The van der Waals surface area contributed by atoms with Gasteiger partial charge in [-0.05, 0) is 35.2 Å². The Morgan fingerprint density at radius 1 is 0.933 bits per heavy atom. The van der Waals surface area contributed by atoms with Gasteiger partial charge in [0.15, 0.2) is 0 Å². The topological polar surface area (TPSA) is 61.9 Å². The molecule has 0 radical (unpaired) electrons. The van der Waals surface area contributed by atoms with Gasteiger partial charge in [-0.15, -0.1) is 0 Å². The van der Waals surface area contributed by atoms with Crippen molar-refractivity contribution >= 4 is 11.8 Å². The second-order valence-corrected chi connectivity index (χ2v) is 8.01. The largest absolute Gasteiger partial charge is 0.379 e. The zero-order valence-electron chi connectivity index (χ0n) is 17.3. The molecule has 30 heavy (non-hydrogen) atoms. The van der Waals surface area contributed by atoms with Crippen LogP contribution in [-0.4, -0.2) is 54.5 Å². The fourth-order valence-electron chi connectivity index (χ4n) is 3.99. The average Bonchev–Trinajstić information content (AvgIpc) is 3.18. The molecule has 2 amide bonds. The molecule has 0 spiro atoms. The molecule has 0 atom stereocenters. The van der Waals surface area contributed by atoms with Crippen LogP contribution in [0.1, 0.15) is 39.9 Å². The molecule has 2 saturated heterocycles. The lowest BCUT2D eigenvalue weighted by Gasteiger charge is -2.26. The Kier molecular flexibility index (Phi) is 6.77. The maximum Gasteiger partial charge on any atom is 0.251 e. The van der Waals surface area contributed by atoms with Crippen molar-refractivity contribution in [2.75, 3.05) is 32.8 Å². The van der Waals surface area contributed by atoms with Crippen LogP contribution in [0.15, 0.2) is 48.5 Å². The van der Waals surface area contributed by atoms with Crippen LogP contribution in [0.3, 0.4) is 0 Å². The molecule has 4 rings (SSSR count). The Morgan fingerprint density at radius 2 is 1.70 bits per heavy atom. The number of nitrogens with zero attached hydrogens (tertiary/aromatic N) is 2. The number of carbonyl (C=O) groups is 2. The fraction of sp³-hybridized carbons (Fsp3) is 0.417. The van der Waals surface area contributed by atoms with E-state index in [2.05, 4.69) is 22.3 Å². The first-order valence-electron chi connectivity index (χ1n) is 10.7. The van der Waals surface area contributed by atoms with Gasteiger partial charge in [0.2, 0.25) is 5.91 Å². The number of ether oxygens (including phenoxy) is 1. The summed E-state index contributed by atoms with van der Waals surface area (Å²) >= 11 is 0. The number of amides is 2. The first kappa shape index (κ1) is 20.6. The van der Waals surface area contributed by atoms with E-state index in [9.17, 15) is 9.59 Å². The van der Waals surface area contributed by atoms with Crippen molar-refractivity contribution in [1.82, 2.24) is 15.1 Å². The molecule has 1 N–H and O–H groups in total. The minimum absolute atomic E-state index is 0.0858. The number of hydrogen-bond donors (Lipinski definition) is 1. The fourth-order valence-corrected chi connectivity index (χ4v) is 3.99. The Balaban J connectivity index is 1.28. The molecule has 6 nitrogen and oxygen atoms in total. The van der Waals surface area contributed by atoms with Crippen LogP contribution >= 0.6 is 0 Å². The Hall–Kier alpha value is -2.70. The van der Waals surface area contributed by atoms with Crippen LogP contribution in [0.25, 0.3) is 0 Å². The molecule has 0 aromatic heterocycles. The lowest BCUT2D eigenvalue weighted by atomic mass is 10.1. The summed E-state index contributed by atoms with van der Waals surface area (Å²) in [5, 5.41) is 3.01. The Labute approximate surface area is 177 Å². The highest BCUT2D eigenvalue weighted by molar-refractivity contribution is 5.94. The summed E-state index contributed by atoms with van der Waals surface area (Å²) in [6.45, 7) is 6.37. The smallest absolute Gasteiger partial charge is 0.251 e. The van der Waals surface area contributed by atoms with Crippen molar-refractivity contribution in [3.63, 3.8) is 0 Å². The molecule has 2 aliphatic rings. The summed E-state index contributed by atoms with van der Waals surface area (Å²) < 4.78 is 5.41. The second-order valence-electron chi connectivity index (χ2n) is 8.01. The normalized spacial score (nSPS) is 17.3. The molecule has 2 fully saturated rings. The zero-order chi connectivity index (χ0) is 20.8. The summed E-state index contributed by atoms with van der Waals surface area (Å²) in [4.78, 5) is 28.6. The lowest BCUT2D eigenvalue weighted by Crippen LogP contribution is -2.35. The third-order valence-corrected chi connectivity index (χ3v) is 5.72. The van der Waals surface area contributed by atoms with E-state index in [1.807, 2.05) is 41.3 Å². The lowest BCUT2D eigenvalue weighted by molar-refractivity contribution is -0.128. The van der Waals surface area contributed by atoms with Crippen LogP contribution in [-0.2, 0) is 29.2 Å².